The lowest BCUT2D eigenvalue weighted by atomic mass is 9.84. The highest BCUT2D eigenvalue weighted by molar-refractivity contribution is 7.17. The molecule has 1 spiro atoms. The van der Waals surface area contributed by atoms with Crippen LogP contribution in [0.15, 0.2) is 52.6 Å². The first kappa shape index (κ1) is 25.9. The van der Waals surface area contributed by atoms with Crippen LogP contribution in [0.5, 0.6) is 5.75 Å². The van der Waals surface area contributed by atoms with E-state index in [1.165, 1.54) is 10.8 Å². The smallest absolute Gasteiger partial charge is 0.304 e. The fraction of sp³-hybridized carbons (Fsp3) is 0.355. The quantitative estimate of drug-likeness (QED) is 0.292. The van der Waals surface area contributed by atoms with Crippen LogP contribution in [-0.2, 0) is 24.9 Å². The molecule has 3 aromatic heterocycles. The number of fused-ring (bicyclic) bond motifs is 3. The van der Waals surface area contributed by atoms with Crippen molar-refractivity contribution in [2.75, 3.05) is 0 Å². The van der Waals surface area contributed by atoms with Crippen molar-refractivity contribution >= 4 is 38.4 Å². The van der Waals surface area contributed by atoms with E-state index in [0.29, 0.717) is 13.1 Å². The summed E-state index contributed by atoms with van der Waals surface area (Å²) in [6.45, 7) is 5.42. The molecular formula is C31H31N5O4S. The zero-order chi connectivity index (χ0) is 28.5. The third kappa shape index (κ3) is 4.42. The van der Waals surface area contributed by atoms with Crippen LogP contribution >= 0.6 is 11.3 Å². The molecule has 1 aliphatic heterocycles. The number of carboxylic acids is 1. The molecule has 1 fully saturated rings. The van der Waals surface area contributed by atoms with Gasteiger partial charge in [-0.2, -0.15) is 0 Å². The van der Waals surface area contributed by atoms with E-state index >= 15 is 0 Å². The van der Waals surface area contributed by atoms with Gasteiger partial charge in [-0.05, 0) is 84.0 Å². The predicted octanol–water partition coefficient (Wildman–Crippen LogP) is 5.10. The summed E-state index contributed by atoms with van der Waals surface area (Å²) in [6, 6.07) is 13.9. The Labute approximate surface area is 240 Å². The minimum atomic E-state index is -0.852. The van der Waals surface area contributed by atoms with Crippen LogP contribution in [-0.4, -0.2) is 47.6 Å². The summed E-state index contributed by atoms with van der Waals surface area (Å²) in [5.74, 6) is -0.447. The molecular weight excluding hydrogens is 538 g/mol. The zero-order valence-corrected chi connectivity index (χ0v) is 24.0. The highest BCUT2D eigenvalue weighted by Gasteiger charge is 2.54. The molecule has 2 aromatic carbocycles. The summed E-state index contributed by atoms with van der Waals surface area (Å²) in [4.78, 5) is 29.7. The second kappa shape index (κ2) is 9.53. The number of aromatic amines is 1. The Hall–Kier alpha value is -4.02. The monoisotopic (exact) mass is 569 g/mol. The first-order valence-corrected chi connectivity index (χ1v) is 14.8. The van der Waals surface area contributed by atoms with E-state index in [1.54, 1.807) is 22.1 Å². The highest BCUT2D eigenvalue weighted by atomic mass is 32.1. The van der Waals surface area contributed by atoms with Crippen molar-refractivity contribution in [3.05, 3.63) is 86.1 Å². The number of hydrogen-bond donors (Lipinski definition) is 2. The molecule has 10 heteroatoms. The van der Waals surface area contributed by atoms with Crippen molar-refractivity contribution in [3.63, 3.8) is 0 Å². The molecule has 9 nitrogen and oxygen atoms in total. The molecule has 2 N–H and O–H groups in total. The number of aliphatic carboxylic acids is 1. The van der Waals surface area contributed by atoms with E-state index in [0.717, 1.165) is 63.0 Å². The molecule has 0 unspecified atom stereocenters. The van der Waals surface area contributed by atoms with Gasteiger partial charge in [0.25, 0.3) is 0 Å². The average molecular weight is 570 g/mol. The van der Waals surface area contributed by atoms with Crippen LogP contribution < -0.4 is 10.3 Å². The molecule has 1 saturated carbocycles. The van der Waals surface area contributed by atoms with Gasteiger partial charge in [-0.3, -0.25) is 14.5 Å². The normalized spacial score (nSPS) is 18.8. The number of carbonyl (C=O) groups is 1. The second-order valence-electron chi connectivity index (χ2n) is 11.4. The van der Waals surface area contributed by atoms with Crippen molar-refractivity contribution < 1.29 is 14.6 Å². The average Bonchev–Trinajstić information content (AvgIpc) is 3.41. The van der Waals surface area contributed by atoms with Gasteiger partial charge in [-0.15, -0.1) is 16.4 Å². The number of aryl methyl sites for hydroxylation is 2. The molecule has 1 aliphatic carbocycles. The van der Waals surface area contributed by atoms with E-state index in [-0.39, 0.29) is 29.5 Å². The first-order chi connectivity index (χ1) is 19.7. The Kier molecular flexibility index (Phi) is 6.02. The fourth-order valence-electron chi connectivity index (χ4n) is 6.46. The lowest BCUT2D eigenvalue weighted by Crippen LogP contribution is -2.43. The number of rotatable bonds is 6. The summed E-state index contributed by atoms with van der Waals surface area (Å²) in [7, 11) is 1.86. The lowest BCUT2D eigenvalue weighted by Gasteiger charge is -2.32. The summed E-state index contributed by atoms with van der Waals surface area (Å²) in [5.41, 5.74) is 6.11. The van der Waals surface area contributed by atoms with Gasteiger partial charge in [0.15, 0.2) is 0 Å². The van der Waals surface area contributed by atoms with Crippen LogP contribution in [0.1, 0.15) is 60.1 Å². The van der Waals surface area contributed by atoms with Crippen LogP contribution in [0.25, 0.3) is 21.1 Å². The van der Waals surface area contributed by atoms with Crippen LogP contribution in [0.4, 0.5) is 0 Å². The summed E-state index contributed by atoms with van der Waals surface area (Å²) < 4.78 is 9.41. The van der Waals surface area contributed by atoms with Crippen LogP contribution in [0.2, 0.25) is 0 Å². The Morgan fingerprint density at radius 1 is 1.24 bits per heavy atom. The third-order valence-corrected chi connectivity index (χ3v) is 9.95. The largest absolute Gasteiger partial charge is 0.484 e. The molecule has 2 aliphatic rings. The summed E-state index contributed by atoms with van der Waals surface area (Å²) in [5, 5.41) is 21.7. The standard InChI is InChI=1S/C31H31N5O4S/c1-17-22(4-5-25-29(17)33-34-35(25)3)23(14-28(38)39)20-12-19-8-11-41-30(19)21(13-20)15-36-16-24-26(6-7-27(37)32-24)40-31(9-10-31)18(36)2/h4-8,11-13,18,23H,9-10,14-16H2,1-3H3,(H,32,37)(H,38,39)/t18-,23+/m1/s1. The predicted molar refractivity (Wildman–Crippen MR) is 158 cm³/mol. The Morgan fingerprint density at radius 2 is 2.07 bits per heavy atom. The molecule has 41 heavy (non-hydrogen) atoms. The minimum absolute atomic E-state index is 0.0344. The minimum Gasteiger partial charge on any atom is -0.484 e. The van der Waals surface area contributed by atoms with E-state index in [4.69, 9.17) is 4.74 Å². The molecule has 4 heterocycles. The molecule has 0 amide bonds. The van der Waals surface area contributed by atoms with Crippen molar-refractivity contribution in [1.29, 1.82) is 0 Å². The molecule has 7 rings (SSSR count). The van der Waals surface area contributed by atoms with Gasteiger partial charge in [0.1, 0.15) is 16.9 Å². The van der Waals surface area contributed by atoms with E-state index in [1.807, 2.05) is 26.1 Å². The maximum Gasteiger partial charge on any atom is 0.304 e. The van der Waals surface area contributed by atoms with Crippen molar-refractivity contribution in [1.82, 2.24) is 24.9 Å². The van der Waals surface area contributed by atoms with Crippen molar-refractivity contribution in [2.45, 2.75) is 63.8 Å². The van der Waals surface area contributed by atoms with Crippen molar-refractivity contribution in [2.24, 2.45) is 7.05 Å². The number of pyridine rings is 1. The van der Waals surface area contributed by atoms with Crippen LogP contribution in [0, 0.1) is 6.92 Å². The van der Waals surface area contributed by atoms with Gasteiger partial charge in [0.05, 0.1) is 17.6 Å². The van der Waals surface area contributed by atoms with Crippen molar-refractivity contribution in [3.8, 4) is 5.75 Å². The molecule has 0 bridgehead atoms. The summed E-state index contributed by atoms with van der Waals surface area (Å²) in [6.07, 6.45) is 1.92. The van der Waals surface area contributed by atoms with E-state index < -0.39 is 5.97 Å². The topological polar surface area (TPSA) is 113 Å². The number of benzene rings is 2. The number of aromatic nitrogens is 4. The first-order valence-electron chi connectivity index (χ1n) is 13.9. The molecule has 2 atom stereocenters. The molecule has 210 valence electrons. The SMILES string of the molecule is Cc1c([C@@H](CC(=O)O)c2cc(CN3Cc4[nH]c(=O)ccc4OC4(CC4)[C@H]3C)c3sccc3c2)ccc2c1nnn2C. The number of H-pyrrole nitrogens is 1. The molecule has 0 saturated heterocycles. The number of thiophene rings is 1. The maximum atomic E-state index is 12.2. The highest BCUT2D eigenvalue weighted by Crippen LogP contribution is 2.48. The second-order valence-corrected chi connectivity index (χ2v) is 12.4. The Balaban J connectivity index is 1.32. The van der Waals surface area contributed by atoms with Gasteiger partial charge in [-0.1, -0.05) is 17.3 Å². The number of carboxylic acid groups (broad SMARTS) is 1. The number of ether oxygens (including phenoxy) is 1. The molecule has 5 aromatic rings. The fourth-order valence-corrected chi connectivity index (χ4v) is 7.35. The Bertz CT molecular complexity index is 1880. The number of nitrogens with zero attached hydrogens (tertiary/aromatic N) is 4. The van der Waals surface area contributed by atoms with Crippen LogP contribution in [0.3, 0.4) is 0 Å². The third-order valence-electron chi connectivity index (χ3n) is 8.94. The Morgan fingerprint density at radius 3 is 2.85 bits per heavy atom. The van der Waals surface area contributed by atoms with Gasteiger partial charge in [0, 0.05) is 42.9 Å². The molecule has 0 radical (unpaired) electrons. The maximum absolute atomic E-state index is 12.2. The van der Waals surface area contributed by atoms with Gasteiger partial charge in [0.2, 0.25) is 5.56 Å². The number of hydrogen-bond acceptors (Lipinski definition) is 7. The summed E-state index contributed by atoms with van der Waals surface area (Å²) >= 11 is 1.70. The van der Waals surface area contributed by atoms with E-state index in [9.17, 15) is 14.7 Å². The zero-order valence-electron chi connectivity index (χ0n) is 23.2. The van der Waals surface area contributed by atoms with Gasteiger partial charge >= 0.3 is 5.97 Å². The lowest BCUT2D eigenvalue weighted by molar-refractivity contribution is -0.137. The van der Waals surface area contributed by atoms with E-state index in [2.05, 4.69) is 50.7 Å². The number of nitrogens with one attached hydrogen (secondary N) is 1. The van der Waals surface area contributed by atoms with Gasteiger partial charge in [-0.25, -0.2) is 4.68 Å². The van der Waals surface area contributed by atoms with Gasteiger partial charge < -0.3 is 14.8 Å².